The van der Waals surface area contributed by atoms with Gasteiger partial charge in [-0.1, -0.05) is 166 Å². The molecule has 3 heteroatoms. The van der Waals surface area contributed by atoms with Crippen LogP contribution in [0.4, 0.5) is 17.1 Å². The number of anilines is 3. The van der Waals surface area contributed by atoms with Gasteiger partial charge >= 0.3 is 0 Å². The molecule has 13 aromatic rings. The lowest BCUT2D eigenvalue weighted by molar-refractivity contribution is 0.660. The van der Waals surface area contributed by atoms with Gasteiger partial charge < -0.3 is 13.7 Å². The van der Waals surface area contributed by atoms with Crippen molar-refractivity contribution in [2.24, 2.45) is 0 Å². The SMILES string of the molecule is CC1(C)c2ccccc2-c2ccc(N(c3ccc4c(c3)oc3ccccc34)c3ccc4c5ccccc5c5ccccc5c5ccccc5c5c(ccc6c7ccccc7oc65)c4c3)cc21. The molecular formula is C63H41NO2. The summed E-state index contributed by atoms with van der Waals surface area (Å²) < 4.78 is 13.6. The normalized spacial score (nSPS) is 13.1. The standard InChI is InChI=1S/C63H41NO2/c1-63(2)56-24-12-9-20-47(56)48-31-28-39(36-57(48)63)64(40-29-32-51-49-21-10-13-25-58(49)65-60(51)37-40)38-27-30-46-44-18-6-4-16-42(44)41-15-3-5-17-43(41)45-19-7-8-23-52(45)61-53(55(46)35-38)33-34-54-50-22-11-14-26-59(50)66-62(54)61/h3-37H,1-2H3. The minimum Gasteiger partial charge on any atom is -0.456 e. The summed E-state index contributed by atoms with van der Waals surface area (Å²) in [5.41, 5.74) is 11.7. The third-order valence-electron chi connectivity index (χ3n) is 14.5. The Balaban J connectivity index is 1.15. The Kier molecular flexibility index (Phi) is 7.74. The molecule has 0 N–H and O–H groups in total. The number of rotatable bonds is 3. The van der Waals surface area contributed by atoms with Crippen LogP contribution in [0.2, 0.25) is 0 Å². The molecular weight excluding hydrogens is 803 g/mol. The maximum Gasteiger partial charge on any atom is 0.143 e. The van der Waals surface area contributed by atoms with Crippen molar-refractivity contribution in [3.05, 3.63) is 223 Å². The molecule has 0 atom stereocenters. The predicted octanol–water partition coefficient (Wildman–Crippen LogP) is 18.2. The molecule has 0 amide bonds. The van der Waals surface area contributed by atoms with Crippen LogP contribution >= 0.6 is 0 Å². The fraction of sp³-hybridized carbons (Fsp3) is 0.0476. The molecule has 66 heavy (non-hydrogen) atoms. The van der Waals surface area contributed by atoms with E-state index in [4.69, 9.17) is 8.83 Å². The van der Waals surface area contributed by atoms with Crippen LogP contribution in [-0.2, 0) is 5.41 Å². The van der Waals surface area contributed by atoms with Gasteiger partial charge in [-0.25, -0.2) is 0 Å². The minimum absolute atomic E-state index is 0.177. The Hall–Kier alpha value is -8.40. The molecule has 310 valence electrons. The largest absolute Gasteiger partial charge is 0.456 e. The number of benzene rings is 10. The van der Waals surface area contributed by atoms with Gasteiger partial charge in [0.2, 0.25) is 0 Å². The quantitative estimate of drug-likeness (QED) is 0.177. The third-order valence-corrected chi connectivity index (χ3v) is 14.5. The second-order valence-corrected chi connectivity index (χ2v) is 18.3. The highest BCUT2D eigenvalue weighted by Crippen LogP contribution is 2.51. The van der Waals surface area contributed by atoms with E-state index < -0.39 is 0 Å². The van der Waals surface area contributed by atoms with Crippen molar-refractivity contribution in [3.8, 4) is 11.1 Å². The van der Waals surface area contributed by atoms with E-state index in [1.165, 1.54) is 49.2 Å². The monoisotopic (exact) mass is 843 g/mol. The van der Waals surface area contributed by atoms with E-state index in [1.54, 1.807) is 0 Å². The summed E-state index contributed by atoms with van der Waals surface area (Å²) in [5.74, 6) is 0. The summed E-state index contributed by atoms with van der Waals surface area (Å²) in [6.45, 7) is 4.71. The third kappa shape index (κ3) is 5.26. The molecule has 2 heterocycles. The highest BCUT2D eigenvalue weighted by atomic mass is 16.3. The topological polar surface area (TPSA) is 29.5 Å². The molecule has 0 unspecified atom stereocenters. The molecule has 0 fully saturated rings. The lowest BCUT2D eigenvalue weighted by atomic mass is 9.82. The van der Waals surface area contributed by atoms with Crippen LogP contribution in [0.1, 0.15) is 25.0 Å². The zero-order valence-corrected chi connectivity index (χ0v) is 36.5. The molecule has 1 aliphatic carbocycles. The number of hydrogen-bond acceptors (Lipinski definition) is 3. The fourth-order valence-corrected chi connectivity index (χ4v) is 11.4. The van der Waals surface area contributed by atoms with Crippen LogP contribution in [0.3, 0.4) is 0 Å². The Labute approximate surface area is 380 Å². The minimum atomic E-state index is -0.177. The van der Waals surface area contributed by atoms with Gasteiger partial charge in [-0.2, -0.15) is 0 Å². The lowest BCUT2D eigenvalue weighted by Gasteiger charge is -2.28. The maximum atomic E-state index is 7.00. The van der Waals surface area contributed by atoms with E-state index in [-0.39, 0.29) is 5.41 Å². The maximum absolute atomic E-state index is 7.00. The van der Waals surface area contributed by atoms with Crippen molar-refractivity contribution in [1.82, 2.24) is 0 Å². The summed E-state index contributed by atoms with van der Waals surface area (Å²) in [4.78, 5) is 2.42. The zero-order chi connectivity index (χ0) is 43.7. The van der Waals surface area contributed by atoms with Gasteiger partial charge in [0.05, 0.1) is 0 Å². The van der Waals surface area contributed by atoms with E-state index >= 15 is 0 Å². The summed E-state index contributed by atoms with van der Waals surface area (Å²) >= 11 is 0. The first-order valence-electron chi connectivity index (χ1n) is 22.8. The predicted molar refractivity (Wildman–Crippen MR) is 278 cm³/mol. The Bertz CT molecular complexity index is 4280. The van der Waals surface area contributed by atoms with Crippen molar-refractivity contribution in [2.45, 2.75) is 19.3 Å². The van der Waals surface area contributed by atoms with Crippen LogP contribution in [0.15, 0.2) is 221 Å². The first-order chi connectivity index (χ1) is 32.5. The van der Waals surface area contributed by atoms with Crippen molar-refractivity contribution < 1.29 is 8.83 Å². The molecule has 0 radical (unpaired) electrons. The number of para-hydroxylation sites is 2. The molecule has 0 spiro atoms. The van der Waals surface area contributed by atoms with Crippen LogP contribution < -0.4 is 4.90 Å². The van der Waals surface area contributed by atoms with Crippen LogP contribution in [0, 0.1) is 0 Å². The van der Waals surface area contributed by atoms with Crippen LogP contribution in [0.5, 0.6) is 0 Å². The fourth-order valence-electron chi connectivity index (χ4n) is 11.4. The van der Waals surface area contributed by atoms with Gasteiger partial charge in [-0.05, 0) is 125 Å². The molecule has 0 aliphatic heterocycles. The Morgan fingerprint density at radius 3 is 1.42 bits per heavy atom. The van der Waals surface area contributed by atoms with Gasteiger partial charge in [0.1, 0.15) is 22.3 Å². The number of furan rings is 2. The van der Waals surface area contributed by atoms with Gasteiger partial charge in [-0.3, -0.25) is 0 Å². The van der Waals surface area contributed by atoms with E-state index in [1.807, 2.05) is 6.07 Å². The second-order valence-electron chi connectivity index (χ2n) is 18.3. The average molecular weight is 844 g/mol. The second kappa shape index (κ2) is 13.8. The molecule has 2 aromatic heterocycles. The smallest absolute Gasteiger partial charge is 0.143 e. The molecule has 1 aliphatic rings. The molecule has 0 saturated carbocycles. The Morgan fingerprint density at radius 2 is 0.727 bits per heavy atom. The van der Waals surface area contributed by atoms with E-state index in [0.29, 0.717) is 0 Å². The van der Waals surface area contributed by atoms with Crippen molar-refractivity contribution in [2.75, 3.05) is 4.90 Å². The summed E-state index contributed by atoms with van der Waals surface area (Å²) in [6.07, 6.45) is 0. The molecule has 0 bridgehead atoms. The van der Waals surface area contributed by atoms with Gasteiger partial charge in [-0.15, -0.1) is 0 Å². The number of nitrogens with zero attached hydrogens (tertiary/aromatic N) is 1. The van der Waals surface area contributed by atoms with E-state index in [0.717, 1.165) is 87.9 Å². The molecule has 3 nitrogen and oxygen atoms in total. The van der Waals surface area contributed by atoms with Crippen LogP contribution in [0.25, 0.3) is 109 Å². The van der Waals surface area contributed by atoms with Crippen molar-refractivity contribution >= 4 is 115 Å². The molecule has 14 rings (SSSR count). The summed E-state index contributed by atoms with van der Waals surface area (Å²) in [5, 5.41) is 15.9. The number of hydrogen-bond donors (Lipinski definition) is 0. The van der Waals surface area contributed by atoms with E-state index in [9.17, 15) is 0 Å². The van der Waals surface area contributed by atoms with Gasteiger partial charge in [0.25, 0.3) is 0 Å². The average Bonchev–Trinajstić information content (AvgIpc) is 4.01. The van der Waals surface area contributed by atoms with Gasteiger partial charge in [0, 0.05) is 55.5 Å². The first-order valence-corrected chi connectivity index (χ1v) is 22.8. The van der Waals surface area contributed by atoms with Crippen LogP contribution in [-0.4, -0.2) is 0 Å². The Morgan fingerprint density at radius 1 is 0.303 bits per heavy atom. The lowest BCUT2D eigenvalue weighted by Crippen LogP contribution is -2.16. The van der Waals surface area contributed by atoms with Crippen molar-refractivity contribution in [3.63, 3.8) is 0 Å². The summed E-state index contributed by atoms with van der Waals surface area (Å²) in [6, 6.07) is 77.5. The highest BCUT2D eigenvalue weighted by Gasteiger charge is 2.36. The molecule has 11 aromatic carbocycles. The van der Waals surface area contributed by atoms with Gasteiger partial charge in [0.15, 0.2) is 0 Å². The van der Waals surface area contributed by atoms with E-state index in [2.05, 4.69) is 225 Å². The highest BCUT2D eigenvalue weighted by molar-refractivity contribution is 6.31. The number of fused-ring (bicyclic) bond motifs is 20. The zero-order valence-electron chi connectivity index (χ0n) is 36.5. The summed E-state index contributed by atoms with van der Waals surface area (Å²) in [7, 11) is 0. The molecule has 0 saturated heterocycles. The first kappa shape index (κ1) is 37.0. The van der Waals surface area contributed by atoms with Crippen molar-refractivity contribution in [1.29, 1.82) is 0 Å².